The average Bonchev–Trinajstić information content (AvgIpc) is 0.698. The lowest BCUT2D eigenvalue weighted by Crippen LogP contribution is -2.61. The molecule has 109 heavy (non-hydrogen) atoms. The van der Waals surface area contributed by atoms with E-state index in [1.807, 2.05) is 0 Å². The summed E-state index contributed by atoms with van der Waals surface area (Å²) < 4.78 is 10.1. The second-order valence-corrected chi connectivity index (χ2v) is 34.4. The molecule has 12 heteroatoms. The zero-order chi connectivity index (χ0) is 79.0. The van der Waals surface area contributed by atoms with Gasteiger partial charge in [-0.05, 0) is 342 Å². The second kappa shape index (κ2) is 34.9. The maximum Gasteiger partial charge on any atom is 0.252 e. The highest BCUT2D eigenvalue weighted by Gasteiger charge is 2.43. The third-order valence-electron chi connectivity index (χ3n) is 19.9. The standard InChI is InChI=1S/C35H31BN2.C35H33BrN2.C20H27N.C7H5Br3.B2H/c1-22-6-12-27(13-7-22)37-31-16-10-24(3)18-29(31)36-30-19-25(4)11-17-32(30)38(28-14-8-23(2)9-15-28)34-21-26(5)20-33(37)35(34)36;1-24-6-14-29(15-7-24)37(30-16-8-25(2)9-17-30)33-22-28(5)23-34(35(33)36)38(31-18-10-26(3)11-19-31)32-20-12-27(4)13-21-32;1-19(2,3)15-7-11-17(12-8-15)21-18-13-9-16(10-14-18)20(4,5)6;1-4-2-5(8)7(10)6(9)3-4;1-2/h6-21H,1-5H3;6-23H,1-5H3;7-14,21H,1-6H3;2-3H,1H3;1H/i;;;;1D. The fourth-order valence-corrected chi connectivity index (χ4v) is 16.2. The van der Waals surface area contributed by atoms with Crippen molar-refractivity contribution >= 4 is 182 Å². The maximum atomic E-state index is 5.86. The van der Waals surface area contributed by atoms with E-state index in [1.54, 1.807) is 0 Å². The molecule has 2 aliphatic heterocycles. The van der Waals surface area contributed by atoms with E-state index in [2.05, 4.69) is 481 Å². The molecule has 0 aromatic heterocycles. The number of rotatable bonds is 10. The highest BCUT2D eigenvalue weighted by Crippen LogP contribution is 2.49. The van der Waals surface area contributed by atoms with Gasteiger partial charge in [0.15, 0.2) is 0 Å². The van der Waals surface area contributed by atoms with Gasteiger partial charge in [0.25, 0.3) is 6.71 Å². The summed E-state index contributed by atoms with van der Waals surface area (Å²) in [5, 5.41) is 3.46. The second-order valence-electron chi connectivity index (χ2n) is 31.1. The van der Waals surface area contributed by atoms with Gasteiger partial charge in [-0.3, -0.25) is 0 Å². The van der Waals surface area contributed by atoms with Gasteiger partial charge in [-0.2, -0.15) is 0 Å². The Morgan fingerprint density at radius 2 is 0.606 bits per heavy atom. The molecule has 0 bridgehead atoms. The number of halogens is 4. The smallest absolute Gasteiger partial charge is 0.252 e. The van der Waals surface area contributed by atoms with Crippen LogP contribution < -0.4 is 41.3 Å². The Labute approximate surface area is 688 Å². The van der Waals surface area contributed by atoms with Crippen molar-refractivity contribution in [2.24, 2.45) is 0 Å². The molecule has 3 radical (unpaired) electrons. The van der Waals surface area contributed by atoms with Crippen molar-refractivity contribution in [3.63, 3.8) is 0 Å². The fourth-order valence-electron chi connectivity index (χ4n) is 14.0. The molecule has 0 unspecified atom stereocenters. The Bertz CT molecular complexity index is 4930. The van der Waals surface area contributed by atoms with Crippen LogP contribution in [0.5, 0.6) is 0 Å². The third kappa shape index (κ3) is 19.1. The van der Waals surface area contributed by atoms with E-state index >= 15 is 0 Å². The Morgan fingerprint density at radius 1 is 0.330 bits per heavy atom. The monoisotopic (exact) mass is 1680 g/mol. The molecule has 0 atom stereocenters. The number of benzene rings is 13. The van der Waals surface area contributed by atoms with Crippen molar-refractivity contribution in [2.45, 2.75) is 129 Å². The molecular formula is C97H97B3Br4N5. The molecular weight excluding hydrogens is 1590 g/mol. The van der Waals surface area contributed by atoms with Crippen LogP contribution in [0.25, 0.3) is 0 Å². The number of fused-ring (bicyclic) bond motifs is 4. The topological polar surface area (TPSA) is 25.0 Å². The number of anilines is 14. The predicted molar refractivity (Wildman–Crippen MR) is 492 cm³/mol. The molecule has 0 saturated carbocycles. The predicted octanol–water partition coefficient (Wildman–Crippen LogP) is 27.5. The van der Waals surface area contributed by atoms with Gasteiger partial charge < -0.3 is 24.9 Å². The van der Waals surface area contributed by atoms with Crippen LogP contribution in [0, 0.1) is 76.2 Å². The lowest BCUT2D eigenvalue weighted by molar-refractivity contribution is 0.590. The van der Waals surface area contributed by atoms with E-state index in [-0.39, 0.29) is 17.5 Å². The Balaban J connectivity index is 0.000000156. The lowest BCUT2D eigenvalue weighted by atomic mass is 9.33. The van der Waals surface area contributed by atoms with Gasteiger partial charge in [0.1, 0.15) is 0 Å². The summed E-state index contributed by atoms with van der Waals surface area (Å²) in [5.41, 5.74) is 37.4. The van der Waals surface area contributed by atoms with Gasteiger partial charge in [0.2, 0.25) is 0 Å². The zero-order valence-corrected chi connectivity index (χ0v) is 72.3. The average molecular weight is 1690 g/mol. The van der Waals surface area contributed by atoms with Gasteiger partial charge in [0, 0.05) is 97.1 Å². The quantitative estimate of drug-likeness (QED) is 0.109. The van der Waals surface area contributed by atoms with E-state index in [0.717, 1.165) is 71.1 Å². The molecule has 13 aromatic carbocycles. The molecule has 1 N–H and O–H groups in total. The molecule has 0 spiro atoms. The number of aryl methyl sites for hydroxylation is 11. The van der Waals surface area contributed by atoms with Crippen LogP contribution in [0.4, 0.5) is 79.6 Å². The van der Waals surface area contributed by atoms with Gasteiger partial charge in [0.05, 0.1) is 15.8 Å². The molecule has 0 aliphatic carbocycles. The van der Waals surface area contributed by atoms with Crippen LogP contribution in [0.2, 0.25) is 0 Å². The van der Waals surface area contributed by atoms with Crippen LogP contribution >= 0.6 is 63.7 Å². The van der Waals surface area contributed by atoms with Crippen molar-refractivity contribution in [3.05, 3.63) is 357 Å². The summed E-state index contributed by atoms with van der Waals surface area (Å²) in [6.45, 7) is 37.3. The van der Waals surface area contributed by atoms with Crippen molar-refractivity contribution < 1.29 is 0 Å². The van der Waals surface area contributed by atoms with Crippen LogP contribution in [0.1, 0.15) is 114 Å². The Morgan fingerprint density at radius 3 is 0.908 bits per heavy atom. The Hall–Kier alpha value is -9.03. The van der Waals surface area contributed by atoms with Gasteiger partial charge in [-0.25, -0.2) is 0 Å². The van der Waals surface area contributed by atoms with Crippen LogP contribution in [0.3, 0.4) is 0 Å². The van der Waals surface area contributed by atoms with Crippen LogP contribution in [0.15, 0.2) is 285 Å². The van der Waals surface area contributed by atoms with Crippen molar-refractivity contribution in [3.8, 4) is 0 Å². The molecule has 0 saturated heterocycles. The van der Waals surface area contributed by atoms with Gasteiger partial charge >= 0.3 is 0 Å². The van der Waals surface area contributed by atoms with Crippen molar-refractivity contribution in [2.75, 3.05) is 24.9 Å². The molecule has 0 fully saturated rings. The SMILES string of the molecule is CC(C)(C)c1ccc(Nc2ccc(C(C)(C)C)cc2)cc1.Cc1cc(Br)c(Br)c(Br)c1.Cc1ccc(N(c2ccc(C)cc2)c2cc(C)cc(N(c3ccc(C)cc3)c3ccc(C)cc3)c2Br)cc1.Cc1ccc(N2c3ccc(C)cc3B3c4cc(C)ccc4N(c4ccc(C)cc4)c4cc(C)cc2c43)cc1.[2H][B][B]. The van der Waals surface area contributed by atoms with E-state index in [1.165, 1.54) is 123 Å². The largest absolute Gasteiger partial charge is 0.356 e. The first-order valence-corrected chi connectivity index (χ1v) is 40.3. The minimum absolute atomic E-state index is 0.175. The van der Waals surface area contributed by atoms with Crippen molar-refractivity contribution in [1.29, 1.82) is 1.34 Å². The van der Waals surface area contributed by atoms with Crippen LogP contribution in [-0.4, -0.2) is 23.5 Å². The van der Waals surface area contributed by atoms with E-state index in [0.29, 0.717) is 0 Å². The van der Waals surface area contributed by atoms with E-state index in [4.69, 9.17) is 1.34 Å². The first-order chi connectivity index (χ1) is 52.4. The molecule has 2 heterocycles. The summed E-state index contributed by atoms with van der Waals surface area (Å²) >= 11 is 14.3. The molecule has 13 aromatic rings. The summed E-state index contributed by atoms with van der Waals surface area (Å²) in [6, 6.07) is 97.6. The summed E-state index contributed by atoms with van der Waals surface area (Å²) in [4.78, 5) is 9.62. The molecule has 2 aliphatic rings. The number of nitrogens with one attached hydrogen (secondary N) is 1. The van der Waals surface area contributed by atoms with E-state index in [9.17, 15) is 0 Å². The first kappa shape index (κ1) is 79.5. The fraction of sp³-hybridized carbons (Fsp3) is 0.196. The zero-order valence-electron chi connectivity index (χ0n) is 66.9. The number of nitrogens with zero attached hydrogens (tertiary/aromatic N) is 4. The summed E-state index contributed by atoms with van der Waals surface area (Å²) in [5.74, 6) is 0. The Kier molecular flexibility index (Phi) is 25.5. The van der Waals surface area contributed by atoms with E-state index < -0.39 is 0 Å². The highest BCUT2D eigenvalue weighted by atomic mass is 79.9. The molecule has 15 rings (SSSR count). The molecule has 5 nitrogen and oxygen atoms in total. The number of hydrogen-bond donors (Lipinski definition) is 1. The van der Waals surface area contributed by atoms with Gasteiger partial charge in [-0.15, -0.1) is 0 Å². The molecule has 547 valence electrons. The lowest BCUT2D eigenvalue weighted by Gasteiger charge is -2.44. The minimum atomic E-state index is 0.175. The van der Waals surface area contributed by atoms with Crippen LogP contribution in [-0.2, 0) is 10.8 Å². The normalized spacial score (nSPS) is 11.8. The summed E-state index contributed by atoms with van der Waals surface area (Å²) in [6.07, 6.45) is 0. The highest BCUT2D eigenvalue weighted by molar-refractivity contribution is 9.14. The minimum Gasteiger partial charge on any atom is -0.356 e. The third-order valence-corrected chi connectivity index (χ3v) is 23.8. The first-order valence-electron chi connectivity index (χ1n) is 37.7. The van der Waals surface area contributed by atoms with Crippen molar-refractivity contribution in [1.82, 2.24) is 0 Å². The summed E-state index contributed by atoms with van der Waals surface area (Å²) in [7, 11) is 5.14. The number of hydrogen-bond acceptors (Lipinski definition) is 5. The maximum absolute atomic E-state index is 5.86. The molecule has 0 amide bonds. The van der Waals surface area contributed by atoms with Gasteiger partial charge in [-0.1, -0.05) is 207 Å².